The lowest BCUT2D eigenvalue weighted by Gasteiger charge is -2.21. The Bertz CT molecular complexity index is 1200. The molecule has 0 amide bonds. The van der Waals surface area contributed by atoms with Gasteiger partial charge >= 0.3 is 11.9 Å². The topological polar surface area (TPSA) is 71.1 Å². The highest BCUT2D eigenvalue weighted by atomic mass is 35.5. The summed E-state index contributed by atoms with van der Waals surface area (Å²) < 4.78 is 23.9. The Morgan fingerprint density at radius 2 is 1.33 bits per heavy atom. The molecule has 3 aromatic rings. The summed E-state index contributed by atoms with van der Waals surface area (Å²) in [5.74, 6) is -0.0972. The highest BCUT2D eigenvalue weighted by Crippen LogP contribution is 2.52. The normalized spacial score (nSPS) is 10.8. The van der Waals surface area contributed by atoms with Crippen molar-refractivity contribution in [3.63, 3.8) is 0 Å². The molecule has 0 atom stereocenters. The second-order valence-electron chi connectivity index (χ2n) is 8.37. The maximum atomic E-state index is 13.2. The summed E-state index contributed by atoms with van der Waals surface area (Å²) in [6.45, 7) is 8.58. The van der Waals surface area contributed by atoms with Crippen LogP contribution in [0.2, 0.25) is 5.02 Å². The molecule has 3 aromatic carbocycles. The first-order valence-electron chi connectivity index (χ1n) is 12.5. The van der Waals surface area contributed by atoms with Crippen LogP contribution in [0.1, 0.15) is 69.3 Å². The van der Waals surface area contributed by atoms with Crippen molar-refractivity contribution in [1.29, 1.82) is 0 Å². The van der Waals surface area contributed by atoms with E-state index in [9.17, 15) is 9.59 Å². The lowest BCUT2D eigenvalue weighted by Crippen LogP contribution is -2.14. The fourth-order valence-corrected chi connectivity index (χ4v) is 3.80. The Balaban J connectivity index is 2.23. The van der Waals surface area contributed by atoms with E-state index in [-0.39, 0.29) is 29.4 Å². The van der Waals surface area contributed by atoms with E-state index in [1.165, 1.54) is 0 Å². The molecule has 0 saturated carbocycles. The number of hydrogen-bond acceptors (Lipinski definition) is 6. The van der Waals surface area contributed by atoms with Crippen molar-refractivity contribution in [2.45, 2.75) is 59.8 Å². The maximum Gasteiger partial charge on any atom is 0.343 e. The largest absolute Gasteiger partial charge is 0.486 e. The third-order valence-electron chi connectivity index (χ3n) is 5.45. The maximum absolute atomic E-state index is 13.2. The van der Waals surface area contributed by atoms with Gasteiger partial charge in [-0.1, -0.05) is 51.4 Å². The molecule has 0 fully saturated rings. The molecule has 0 heterocycles. The van der Waals surface area contributed by atoms with E-state index in [1.807, 2.05) is 32.9 Å². The molecule has 0 aliphatic heterocycles. The van der Waals surface area contributed by atoms with Crippen molar-refractivity contribution in [1.82, 2.24) is 0 Å². The van der Waals surface area contributed by atoms with Crippen LogP contribution in [0.4, 0.5) is 0 Å². The summed E-state index contributed by atoms with van der Waals surface area (Å²) in [5.41, 5.74) is 1.53. The van der Waals surface area contributed by atoms with Gasteiger partial charge in [0.25, 0.3) is 0 Å². The molecule has 0 aromatic heterocycles. The molecular weight excluding hydrogens is 480 g/mol. The minimum absolute atomic E-state index is 0.195. The van der Waals surface area contributed by atoms with Crippen molar-refractivity contribution in [3.8, 4) is 23.0 Å². The van der Waals surface area contributed by atoms with Gasteiger partial charge in [-0.2, -0.15) is 0 Å². The molecule has 0 spiro atoms. The predicted molar refractivity (Wildman–Crippen MR) is 142 cm³/mol. The van der Waals surface area contributed by atoms with Gasteiger partial charge in [-0.3, -0.25) is 4.79 Å². The smallest absolute Gasteiger partial charge is 0.343 e. The standard InChI is InChI=1S/C29H33ClO6/c1-5-9-24(31)35-26-23-18-21(30)14-15-22(23)25(27(33-16-6-2)28(26)34-17-7-3)36-29(32)20-12-10-19(8-4)11-13-20/h10-15,18H,5-9,16-17H2,1-4H3. The van der Waals surface area contributed by atoms with Crippen LogP contribution in [0, 0.1) is 0 Å². The summed E-state index contributed by atoms with van der Waals surface area (Å²) in [7, 11) is 0. The van der Waals surface area contributed by atoms with E-state index in [2.05, 4.69) is 6.92 Å². The van der Waals surface area contributed by atoms with E-state index in [0.717, 1.165) is 12.0 Å². The lowest BCUT2D eigenvalue weighted by molar-refractivity contribution is -0.134. The van der Waals surface area contributed by atoms with Gasteiger partial charge in [0, 0.05) is 22.2 Å². The SMILES string of the molecule is CCCOc1c(OCCC)c(OC(=O)c2ccc(CC)cc2)c2ccc(Cl)cc2c1OC(=O)CCC. The van der Waals surface area contributed by atoms with Crippen molar-refractivity contribution < 1.29 is 28.5 Å². The van der Waals surface area contributed by atoms with Crippen LogP contribution < -0.4 is 18.9 Å². The van der Waals surface area contributed by atoms with Gasteiger partial charge in [-0.05, 0) is 61.6 Å². The summed E-state index contributed by atoms with van der Waals surface area (Å²) in [6.07, 6.45) is 3.16. The number of fused-ring (bicyclic) bond motifs is 1. The molecule has 0 radical (unpaired) electrons. The van der Waals surface area contributed by atoms with Crippen LogP contribution in [-0.2, 0) is 11.2 Å². The van der Waals surface area contributed by atoms with E-state index >= 15 is 0 Å². The molecule has 0 N–H and O–H groups in total. The van der Waals surface area contributed by atoms with Crippen molar-refractivity contribution >= 4 is 34.3 Å². The van der Waals surface area contributed by atoms with Crippen LogP contribution >= 0.6 is 11.6 Å². The fourth-order valence-electron chi connectivity index (χ4n) is 3.62. The number of benzene rings is 3. The molecule has 7 heteroatoms. The summed E-state index contributed by atoms with van der Waals surface area (Å²) in [5, 5.41) is 1.45. The van der Waals surface area contributed by atoms with Crippen molar-refractivity contribution in [3.05, 3.63) is 58.6 Å². The Kier molecular flexibility index (Phi) is 10.00. The molecule has 0 bridgehead atoms. The highest BCUT2D eigenvalue weighted by molar-refractivity contribution is 6.31. The van der Waals surface area contributed by atoms with Gasteiger partial charge in [0.2, 0.25) is 11.5 Å². The molecular formula is C29H33ClO6. The van der Waals surface area contributed by atoms with E-state index in [4.69, 9.17) is 30.5 Å². The van der Waals surface area contributed by atoms with Gasteiger partial charge in [0.05, 0.1) is 18.8 Å². The third kappa shape index (κ3) is 6.49. The number of rotatable bonds is 12. The summed E-state index contributed by atoms with van der Waals surface area (Å²) >= 11 is 6.33. The average Bonchev–Trinajstić information content (AvgIpc) is 2.88. The Hall–Kier alpha value is -3.25. The number of aryl methyl sites for hydroxylation is 1. The second kappa shape index (κ2) is 13.2. The fraction of sp³-hybridized carbons (Fsp3) is 0.379. The number of esters is 2. The Labute approximate surface area is 217 Å². The molecule has 0 unspecified atom stereocenters. The minimum atomic E-state index is -0.535. The Morgan fingerprint density at radius 1 is 0.722 bits per heavy atom. The minimum Gasteiger partial charge on any atom is -0.486 e. The van der Waals surface area contributed by atoms with Gasteiger partial charge in [0.15, 0.2) is 11.5 Å². The zero-order chi connectivity index (χ0) is 26.1. The zero-order valence-electron chi connectivity index (χ0n) is 21.3. The van der Waals surface area contributed by atoms with E-state index in [0.29, 0.717) is 53.8 Å². The molecule has 0 aliphatic carbocycles. The van der Waals surface area contributed by atoms with Gasteiger partial charge in [0.1, 0.15) is 0 Å². The predicted octanol–water partition coefficient (Wildman–Crippen LogP) is 7.56. The van der Waals surface area contributed by atoms with Crippen LogP contribution in [0.5, 0.6) is 23.0 Å². The first kappa shape index (κ1) is 27.3. The Morgan fingerprint density at radius 3 is 1.89 bits per heavy atom. The van der Waals surface area contributed by atoms with E-state index in [1.54, 1.807) is 30.3 Å². The molecule has 3 rings (SSSR count). The number of carbonyl (C=O) groups is 2. The zero-order valence-corrected chi connectivity index (χ0v) is 22.1. The lowest BCUT2D eigenvalue weighted by atomic mass is 10.1. The second-order valence-corrected chi connectivity index (χ2v) is 8.80. The van der Waals surface area contributed by atoms with Gasteiger partial charge in [-0.15, -0.1) is 0 Å². The van der Waals surface area contributed by atoms with Gasteiger partial charge < -0.3 is 18.9 Å². The summed E-state index contributed by atoms with van der Waals surface area (Å²) in [4.78, 5) is 25.7. The monoisotopic (exact) mass is 512 g/mol. The quantitative estimate of drug-likeness (QED) is 0.184. The van der Waals surface area contributed by atoms with Crippen LogP contribution in [0.25, 0.3) is 10.8 Å². The number of ether oxygens (including phenoxy) is 4. The molecule has 0 saturated heterocycles. The number of carbonyl (C=O) groups excluding carboxylic acids is 2. The average molecular weight is 513 g/mol. The highest BCUT2D eigenvalue weighted by Gasteiger charge is 2.28. The van der Waals surface area contributed by atoms with Crippen molar-refractivity contribution in [2.75, 3.05) is 13.2 Å². The molecule has 192 valence electrons. The first-order valence-corrected chi connectivity index (χ1v) is 12.9. The van der Waals surface area contributed by atoms with Crippen LogP contribution in [0.15, 0.2) is 42.5 Å². The molecule has 6 nitrogen and oxygen atoms in total. The van der Waals surface area contributed by atoms with Crippen LogP contribution in [0.3, 0.4) is 0 Å². The van der Waals surface area contributed by atoms with E-state index < -0.39 is 11.9 Å². The summed E-state index contributed by atoms with van der Waals surface area (Å²) in [6, 6.07) is 12.3. The number of hydrogen-bond donors (Lipinski definition) is 0. The van der Waals surface area contributed by atoms with Crippen LogP contribution in [-0.4, -0.2) is 25.2 Å². The van der Waals surface area contributed by atoms with Crippen molar-refractivity contribution in [2.24, 2.45) is 0 Å². The molecule has 36 heavy (non-hydrogen) atoms. The third-order valence-corrected chi connectivity index (χ3v) is 5.69. The van der Waals surface area contributed by atoms with Gasteiger partial charge in [-0.25, -0.2) is 4.79 Å². The first-order chi connectivity index (χ1) is 17.4. The molecule has 0 aliphatic rings. The number of halogens is 1.